The highest BCUT2D eigenvalue weighted by atomic mass is 16.5. The van der Waals surface area contributed by atoms with Crippen LogP contribution in [0.3, 0.4) is 0 Å². The van der Waals surface area contributed by atoms with Gasteiger partial charge in [0.25, 0.3) is 0 Å². The van der Waals surface area contributed by atoms with Crippen LogP contribution in [0, 0.1) is 6.92 Å². The molecule has 0 atom stereocenters. The number of hydrogen-bond donors (Lipinski definition) is 0. The Labute approximate surface area is 164 Å². The first-order chi connectivity index (χ1) is 13.6. The van der Waals surface area contributed by atoms with E-state index in [1.54, 1.807) is 13.3 Å². The number of aryl methyl sites for hydroxylation is 1. The molecule has 6 heteroatoms. The van der Waals surface area contributed by atoms with Crippen molar-refractivity contribution in [1.82, 2.24) is 19.4 Å². The first kappa shape index (κ1) is 18.2. The number of ether oxygens (including phenoxy) is 1. The van der Waals surface area contributed by atoms with Gasteiger partial charge in [0.1, 0.15) is 11.6 Å². The third kappa shape index (κ3) is 3.76. The number of aromatic nitrogens is 3. The molecule has 4 rings (SSSR count). The summed E-state index contributed by atoms with van der Waals surface area (Å²) < 4.78 is 7.46. The Morgan fingerprint density at radius 2 is 2.00 bits per heavy atom. The van der Waals surface area contributed by atoms with Crippen molar-refractivity contribution in [2.75, 3.05) is 20.2 Å². The van der Waals surface area contributed by atoms with Crippen LogP contribution in [0.5, 0.6) is 5.75 Å². The van der Waals surface area contributed by atoms with Crippen molar-refractivity contribution >= 4 is 5.91 Å². The number of rotatable bonds is 6. The number of amides is 1. The molecule has 1 amide bonds. The molecule has 2 aromatic heterocycles. The maximum Gasteiger partial charge on any atom is 0.227 e. The van der Waals surface area contributed by atoms with E-state index < -0.39 is 0 Å². The molecule has 0 spiro atoms. The van der Waals surface area contributed by atoms with Gasteiger partial charge in [-0.3, -0.25) is 9.78 Å². The summed E-state index contributed by atoms with van der Waals surface area (Å²) in [7, 11) is 1.64. The van der Waals surface area contributed by atoms with E-state index in [0.29, 0.717) is 19.5 Å². The van der Waals surface area contributed by atoms with Gasteiger partial charge in [-0.2, -0.15) is 0 Å². The van der Waals surface area contributed by atoms with Crippen LogP contribution in [-0.2, 0) is 17.8 Å². The lowest BCUT2D eigenvalue weighted by Gasteiger charge is -2.39. The van der Waals surface area contributed by atoms with Crippen LogP contribution in [0.15, 0.2) is 55.0 Å². The molecular weight excluding hydrogens is 352 g/mol. The molecule has 0 radical (unpaired) electrons. The van der Waals surface area contributed by atoms with Gasteiger partial charge in [-0.05, 0) is 36.2 Å². The normalized spacial score (nSPS) is 14.0. The number of carbonyl (C=O) groups excluding carboxylic acids is 1. The van der Waals surface area contributed by atoms with E-state index in [2.05, 4.69) is 27.5 Å². The Hall–Kier alpha value is -3.15. The molecule has 0 N–H and O–H groups in total. The number of likely N-dealkylation sites (tertiary alicyclic amines) is 1. The summed E-state index contributed by atoms with van der Waals surface area (Å²) in [4.78, 5) is 23.3. The zero-order valence-corrected chi connectivity index (χ0v) is 16.2. The molecule has 1 fully saturated rings. The Morgan fingerprint density at radius 3 is 2.75 bits per heavy atom. The van der Waals surface area contributed by atoms with E-state index in [-0.39, 0.29) is 11.8 Å². The van der Waals surface area contributed by atoms with E-state index in [9.17, 15) is 4.79 Å². The maximum absolute atomic E-state index is 12.6. The smallest absolute Gasteiger partial charge is 0.227 e. The van der Waals surface area contributed by atoms with E-state index in [1.807, 2.05) is 47.6 Å². The monoisotopic (exact) mass is 376 g/mol. The van der Waals surface area contributed by atoms with Crippen molar-refractivity contribution in [1.29, 1.82) is 0 Å². The number of carbonyl (C=O) groups is 1. The van der Waals surface area contributed by atoms with Crippen LogP contribution in [0.1, 0.15) is 28.6 Å². The van der Waals surface area contributed by atoms with Crippen LogP contribution in [0.25, 0.3) is 0 Å². The quantitative estimate of drug-likeness (QED) is 0.664. The van der Waals surface area contributed by atoms with Crippen LogP contribution >= 0.6 is 0 Å². The summed E-state index contributed by atoms with van der Waals surface area (Å²) in [6.45, 7) is 4.25. The largest absolute Gasteiger partial charge is 0.497 e. The zero-order valence-electron chi connectivity index (χ0n) is 16.2. The van der Waals surface area contributed by atoms with E-state index >= 15 is 0 Å². The van der Waals surface area contributed by atoms with Gasteiger partial charge in [0.2, 0.25) is 5.91 Å². The second kappa shape index (κ2) is 7.84. The van der Waals surface area contributed by atoms with E-state index in [4.69, 9.17) is 4.74 Å². The third-order valence-corrected chi connectivity index (χ3v) is 5.24. The first-order valence-corrected chi connectivity index (χ1v) is 9.45. The number of nitrogens with zero attached hydrogens (tertiary/aromatic N) is 4. The third-order valence-electron chi connectivity index (χ3n) is 5.24. The molecule has 28 heavy (non-hydrogen) atoms. The average molecular weight is 376 g/mol. The van der Waals surface area contributed by atoms with Crippen molar-refractivity contribution < 1.29 is 9.53 Å². The molecule has 1 aromatic carbocycles. The predicted octanol–water partition coefficient (Wildman–Crippen LogP) is 2.81. The lowest BCUT2D eigenvalue weighted by atomic mass is 9.97. The minimum atomic E-state index is 0.145. The molecular formula is C22H24N4O2. The SMILES string of the molecule is COc1cccc(CC(=O)N2CC(c3ncc(C)n3Cc3cccnc3)C2)c1. The highest BCUT2D eigenvalue weighted by molar-refractivity contribution is 5.79. The number of imidazole rings is 1. The summed E-state index contributed by atoms with van der Waals surface area (Å²) in [6.07, 6.45) is 5.97. The summed E-state index contributed by atoms with van der Waals surface area (Å²) in [6, 6.07) is 11.7. The van der Waals surface area contributed by atoms with Crippen molar-refractivity contribution in [2.45, 2.75) is 25.8 Å². The zero-order chi connectivity index (χ0) is 19.5. The Morgan fingerprint density at radius 1 is 1.18 bits per heavy atom. The Balaban J connectivity index is 1.39. The van der Waals surface area contributed by atoms with Gasteiger partial charge in [0.15, 0.2) is 0 Å². The van der Waals surface area contributed by atoms with Crippen molar-refractivity contribution in [3.8, 4) is 5.75 Å². The molecule has 0 unspecified atom stereocenters. The van der Waals surface area contributed by atoms with Crippen LogP contribution < -0.4 is 4.74 Å². The molecule has 1 aliphatic rings. The Bertz CT molecular complexity index is 962. The molecule has 0 saturated carbocycles. The van der Waals surface area contributed by atoms with Crippen molar-refractivity contribution in [3.05, 3.63) is 77.6 Å². The van der Waals surface area contributed by atoms with Crippen LogP contribution in [0.2, 0.25) is 0 Å². The number of methoxy groups -OCH3 is 1. The average Bonchev–Trinajstić information content (AvgIpc) is 3.02. The highest BCUT2D eigenvalue weighted by Crippen LogP contribution is 2.28. The van der Waals surface area contributed by atoms with E-state index in [1.165, 1.54) is 0 Å². The number of hydrogen-bond acceptors (Lipinski definition) is 4. The molecule has 3 heterocycles. The van der Waals surface area contributed by atoms with Gasteiger partial charge in [-0.15, -0.1) is 0 Å². The van der Waals surface area contributed by atoms with E-state index in [0.717, 1.165) is 34.9 Å². The standard InChI is InChI=1S/C22H24N4O2/c1-16-11-24-22(26(16)13-18-6-4-8-23-12-18)19-14-25(15-19)21(27)10-17-5-3-7-20(9-17)28-2/h3-9,11-12,19H,10,13-15H2,1-2H3. The molecule has 0 bridgehead atoms. The van der Waals surface area contributed by atoms with Gasteiger partial charge in [0, 0.05) is 37.4 Å². The fraction of sp³-hybridized carbons (Fsp3) is 0.318. The first-order valence-electron chi connectivity index (χ1n) is 9.45. The summed E-state index contributed by atoms with van der Waals surface area (Å²) in [5.74, 6) is 2.25. The second-order valence-corrected chi connectivity index (χ2v) is 7.23. The van der Waals surface area contributed by atoms with Crippen LogP contribution in [-0.4, -0.2) is 45.5 Å². The lowest BCUT2D eigenvalue weighted by Crippen LogP contribution is -2.49. The summed E-state index contributed by atoms with van der Waals surface area (Å²) in [5.41, 5.74) is 3.25. The minimum Gasteiger partial charge on any atom is -0.497 e. The van der Waals surface area contributed by atoms with Gasteiger partial charge in [-0.25, -0.2) is 4.98 Å². The fourth-order valence-electron chi connectivity index (χ4n) is 3.60. The number of pyridine rings is 1. The summed E-state index contributed by atoms with van der Waals surface area (Å²) in [5, 5.41) is 0. The number of benzene rings is 1. The van der Waals surface area contributed by atoms with Gasteiger partial charge in [-0.1, -0.05) is 18.2 Å². The molecule has 1 aliphatic heterocycles. The molecule has 144 valence electrons. The molecule has 1 saturated heterocycles. The van der Waals surface area contributed by atoms with Crippen molar-refractivity contribution in [2.24, 2.45) is 0 Å². The second-order valence-electron chi connectivity index (χ2n) is 7.23. The van der Waals surface area contributed by atoms with Crippen molar-refractivity contribution in [3.63, 3.8) is 0 Å². The fourth-order valence-corrected chi connectivity index (χ4v) is 3.60. The highest BCUT2D eigenvalue weighted by Gasteiger charge is 2.34. The van der Waals surface area contributed by atoms with Crippen LogP contribution in [0.4, 0.5) is 0 Å². The Kier molecular flexibility index (Phi) is 5.10. The van der Waals surface area contributed by atoms with Gasteiger partial charge < -0.3 is 14.2 Å². The summed E-state index contributed by atoms with van der Waals surface area (Å²) >= 11 is 0. The molecule has 6 nitrogen and oxygen atoms in total. The van der Waals surface area contributed by atoms with Gasteiger partial charge >= 0.3 is 0 Å². The predicted molar refractivity (Wildman–Crippen MR) is 106 cm³/mol. The molecule has 0 aliphatic carbocycles. The minimum absolute atomic E-state index is 0.145. The van der Waals surface area contributed by atoms with Gasteiger partial charge in [0.05, 0.1) is 26.0 Å². The lowest BCUT2D eigenvalue weighted by molar-refractivity contribution is -0.135. The maximum atomic E-state index is 12.6. The topological polar surface area (TPSA) is 60.2 Å². The molecule has 3 aromatic rings.